The molecular weight excluding hydrogens is 369 g/mol. The topological polar surface area (TPSA) is 79.4 Å². The number of carbonyl (C=O) groups is 1. The highest BCUT2D eigenvalue weighted by atomic mass is 32.2. The third kappa shape index (κ3) is 3.23. The van der Waals surface area contributed by atoms with E-state index in [1.54, 1.807) is 35.0 Å². The molecule has 0 radical (unpaired) electrons. The largest absolute Gasteiger partial charge is 0.324 e. The van der Waals surface area contributed by atoms with E-state index in [1.807, 2.05) is 0 Å². The van der Waals surface area contributed by atoms with Crippen LogP contribution in [0, 0.1) is 5.82 Å². The molecule has 0 saturated carbocycles. The molecule has 0 bridgehead atoms. The van der Waals surface area contributed by atoms with Gasteiger partial charge in [0, 0.05) is 18.1 Å². The average molecular weight is 385 g/mol. The molecule has 1 aliphatic rings. The van der Waals surface area contributed by atoms with E-state index in [2.05, 4.69) is 9.43 Å². The van der Waals surface area contributed by atoms with Crippen molar-refractivity contribution in [3.63, 3.8) is 0 Å². The molecule has 0 unspecified atom stereocenters. The molecule has 0 saturated heterocycles. The van der Waals surface area contributed by atoms with E-state index < -0.39 is 0 Å². The third-order valence-corrected chi connectivity index (χ3v) is 4.69. The van der Waals surface area contributed by atoms with Crippen molar-refractivity contribution < 1.29 is 18.4 Å². The minimum absolute atomic E-state index is 0.113. The van der Waals surface area contributed by atoms with Gasteiger partial charge in [-0.2, -0.15) is 5.10 Å². The summed E-state index contributed by atoms with van der Waals surface area (Å²) in [4.78, 5) is 17.1. The Bertz CT molecular complexity index is 1020. The normalized spacial score (nSPS) is 12.4. The van der Waals surface area contributed by atoms with Crippen LogP contribution >= 0.6 is 12.2 Å². The lowest BCUT2D eigenvalue weighted by molar-refractivity contribution is -0.0777. The lowest BCUT2D eigenvalue weighted by atomic mass is 9.88. The highest BCUT2D eigenvalue weighted by molar-refractivity contribution is 7.92. The summed E-state index contributed by atoms with van der Waals surface area (Å²) in [6, 6.07) is 11.7. The Balaban J connectivity index is 1.86. The Kier molecular flexibility index (Phi) is 4.69. The maximum absolute atomic E-state index is 13.9. The summed E-state index contributed by atoms with van der Waals surface area (Å²) in [5.74, 6) is 0.0352. The van der Waals surface area contributed by atoms with Gasteiger partial charge in [0.15, 0.2) is 11.5 Å². The van der Waals surface area contributed by atoms with E-state index in [9.17, 15) is 9.18 Å². The predicted octanol–water partition coefficient (Wildman–Crippen LogP) is 3.81. The molecule has 2 aromatic carbocycles. The summed E-state index contributed by atoms with van der Waals surface area (Å²) in [7, 11) is 0. The average Bonchev–Trinajstić information content (AvgIpc) is 3.07. The van der Waals surface area contributed by atoms with Crippen molar-refractivity contribution in [2.24, 2.45) is 5.14 Å². The molecule has 0 atom stereocenters. The summed E-state index contributed by atoms with van der Waals surface area (Å²) < 4.78 is 20.2. The van der Waals surface area contributed by atoms with Crippen molar-refractivity contribution in [1.29, 1.82) is 0 Å². The van der Waals surface area contributed by atoms with E-state index in [0.717, 1.165) is 34.5 Å². The van der Waals surface area contributed by atoms with Gasteiger partial charge in [-0.1, -0.05) is 10.4 Å². The van der Waals surface area contributed by atoms with Gasteiger partial charge in [0.2, 0.25) is 0 Å². The van der Waals surface area contributed by atoms with Crippen molar-refractivity contribution in [3.05, 3.63) is 65.1 Å². The molecule has 0 fully saturated rings. The lowest BCUT2D eigenvalue weighted by Gasteiger charge is -2.19. The number of nitrogens with two attached hydrogens (primary N) is 1. The Morgan fingerprint density at radius 1 is 1.22 bits per heavy atom. The van der Waals surface area contributed by atoms with Crippen molar-refractivity contribution in [1.82, 2.24) is 9.78 Å². The monoisotopic (exact) mass is 385 g/mol. The number of benzene rings is 2. The van der Waals surface area contributed by atoms with E-state index in [4.69, 9.17) is 10.0 Å². The molecule has 1 heterocycles. The van der Waals surface area contributed by atoms with Gasteiger partial charge in [0.25, 0.3) is 0 Å². The number of hydrogen-bond donors (Lipinski definition) is 1. The fourth-order valence-electron chi connectivity index (χ4n) is 3.38. The molecule has 3 aromatic rings. The number of halogens is 1. The van der Waals surface area contributed by atoms with Gasteiger partial charge in [-0.05, 0) is 54.8 Å². The number of aryl methyl sites for hydroxylation is 1. The fourth-order valence-corrected chi connectivity index (χ4v) is 3.50. The smallest absolute Gasteiger partial charge is 0.180 e. The van der Waals surface area contributed by atoms with E-state index in [0.29, 0.717) is 30.1 Å². The Labute approximate surface area is 159 Å². The zero-order valence-corrected chi connectivity index (χ0v) is 15.3. The Morgan fingerprint density at radius 3 is 2.70 bits per heavy atom. The summed E-state index contributed by atoms with van der Waals surface area (Å²) in [6.07, 6.45) is 1.43. The summed E-state index contributed by atoms with van der Waals surface area (Å²) >= 11 is 0.603. The summed E-state index contributed by atoms with van der Waals surface area (Å²) in [6.45, 7) is 1.49. The van der Waals surface area contributed by atoms with Crippen LogP contribution in [0.25, 0.3) is 16.9 Å². The number of hydrogen-bond acceptors (Lipinski definition) is 6. The molecule has 8 heteroatoms. The van der Waals surface area contributed by atoms with Crippen LogP contribution in [-0.2, 0) is 17.2 Å². The Morgan fingerprint density at radius 2 is 2.00 bits per heavy atom. The van der Waals surface area contributed by atoms with Crippen LogP contribution < -0.4 is 10.0 Å². The Hall–Kier alpha value is -2.68. The number of ketones is 1. The molecule has 27 heavy (non-hydrogen) atoms. The van der Waals surface area contributed by atoms with Gasteiger partial charge in [0.1, 0.15) is 23.7 Å². The zero-order chi connectivity index (χ0) is 19.0. The second-order valence-electron chi connectivity index (χ2n) is 6.19. The molecule has 1 aliphatic carbocycles. The second kappa shape index (κ2) is 7.15. The van der Waals surface area contributed by atoms with E-state index in [1.165, 1.54) is 19.1 Å². The standard InChI is InChI=1S/C19H16FN3O3S/c1-11(24)18-16-9-3-12-2-4-13(20)10-17(12)19(16)23(22-18)14-5-7-15(8-6-14)25-26-27-21/h2,4-8,10H,3,9,21H2,1H3. The van der Waals surface area contributed by atoms with Crippen molar-refractivity contribution in [2.75, 3.05) is 0 Å². The van der Waals surface area contributed by atoms with Gasteiger partial charge in [-0.3, -0.25) is 9.93 Å². The van der Waals surface area contributed by atoms with Crippen LogP contribution in [0.2, 0.25) is 0 Å². The minimum Gasteiger partial charge on any atom is -0.324 e. The molecule has 4 rings (SSSR count). The highest BCUT2D eigenvalue weighted by Gasteiger charge is 2.27. The first-order valence-corrected chi connectivity index (χ1v) is 9.11. The van der Waals surface area contributed by atoms with Gasteiger partial charge < -0.3 is 4.89 Å². The maximum atomic E-state index is 13.9. The van der Waals surface area contributed by atoms with E-state index >= 15 is 0 Å². The first-order chi connectivity index (χ1) is 13.1. The quantitative estimate of drug-likeness (QED) is 0.237. The van der Waals surface area contributed by atoms with Crippen molar-refractivity contribution in [3.8, 4) is 22.7 Å². The van der Waals surface area contributed by atoms with Crippen LogP contribution in [0.5, 0.6) is 5.75 Å². The van der Waals surface area contributed by atoms with Crippen molar-refractivity contribution in [2.45, 2.75) is 19.8 Å². The predicted molar refractivity (Wildman–Crippen MR) is 99.9 cm³/mol. The zero-order valence-electron chi connectivity index (χ0n) is 14.4. The summed E-state index contributed by atoms with van der Waals surface area (Å²) in [5, 5.41) is 9.69. The van der Waals surface area contributed by atoms with Crippen LogP contribution in [0.4, 0.5) is 4.39 Å². The summed E-state index contributed by atoms with van der Waals surface area (Å²) in [5.41, 5.74) is 4.55. The van der Waals surface area contributed by atoms with Gasteiger partial charge in [-0.15, -0.1) is 0 Å². The van der Waals surface area contributed by atoms with Gasteiger partial charge in [-0.25, -0.2) is 9.07 Å². The second-order valence-corrected chi connectivity index (χ2v) is 6.52. The number of fused-ring (bicyclic) bond motifs is 3. The first-order valence-electron chi connectivity index (χ1n) is 8.30. The number of Topliss-reactive ketones (excluding diaryl/α,β-unsaturated/α-hetero) is 1. The fraction of sp³-hybridized carbons (Fsp3) is 0.158. The molecule has 2 N–H and O–H groups in total. The number of carbonyl (C=O) groups excluding carboxylic acids is 1. The molecule has 0 amide bonds. The van der Waals surface area contributed by atoms with Crippen LogP contribution in [-0.4, -0.2) is 15.6 Å². The van der Waals surface area contributed by atoms with Crippen LogP contribution in [0.3, 0.4) is 0 Å². The third-order valence-electron chi connectivity index (χ3n) is 4.54. The number of rotatable bonds is 5. The molecule has 1 aromatic heterocycles. The first kappa shape index (κ1) is 17.7. The van der Waals surface area contributed by atoms with E-state index in [-0.39, 0.29) is 11.6 Å². The minimum atomic E-state index is -0.320. The molecular formula is C19H16FN3O3S. The number of aromatic nitrogens is 2. The molecule has 138 valence electrons. The maximum Gasteiger partial charge on any atom is 0.180 e. The highest BCUT2D eigenvalue weighted by Crippen LogP contribution is 2.37. The van der Waals surface area contributed by atoms with Gasteiger partial charge >= 0.3 is 0 Å². The van der Waals surface area contributed by atoms with Crippen LogP contribution in [0.1, 0.15) is 28.5 Å². The lowest BCUT2D eigenvalue weighted by Crippen LogP contribution is -2.08. The number of nitrogens with zero attached hydrogens (tertiary/aromatic N) is 2. The van der Waals surface area contributed by atoms with Crippen LogP contribution in [0.15, 0.2) is 42.5 Å². The SMILES string of the molecule is CC(=O)c1nn(-c2ccc(OOSN)cc2)c2c1CCc1ccc(F)cc1-2. The molecule has 0 aliphatic heterocycles. The van der Waals surface area contributed by atoms with Crippen molar-refractivity contribution >= 4 is 18.0 Å². The molecule has 0 spiro atoms. The molecule has 6 nitrogen and oxygen atoms in total. The van der Waals surface area contributed by atoms with Gasteiger partial charge in [0.05, 0.1) is 11.4 Å².